The van der Waals surface area contributed by atoms with Gasteiger partial charge in [-0.3, -0.25) is 4.68 Å². The highest BCUT2D eigenvalue weighted by molar-refractivity contribution is 5.74. The van der Waals surface area contributed by atoms with E-state index in [1.165, 1.54) is 0 Å². The van der Waals surface area contributed by atoms with E-state index in [9.17, 15) is 4.79 Å². The number of urea groups is 1. The van der Waals surface area contributed by atoms with Gasteiger partial charge in [-0.2, -0.15) is 5.10 Å². The van der Waals surface area contributed by atoms with Gasteiger partial charge in [-0.15, -0.1) is 0 Å². The highest BCUT2D eigenvalue weighted by Crippen LogP contribution is 2.10. The normalized spacial score (nSPS) is 20.6. The van der Waals surface area contributed by atoms with E-state index >= 15 is 0 Å². The number of hydrogen-bond acceptors (Lipinski definition) is 3. The minimum absolute atomic E-state index is 0.0460. The van der Waals surface area contributed by atoms with E-state index in [1.807, 2.05) is 19.2 Å². The van der Waals surface area contributed by atoms with Crippen LogP contribution in [-0.4, -0.2) is 41.6 Å². The van der Waals surface area contributed by atoms with E-state index in [-0.39, 0.29) is 12.1 Å². The number of hydrogen-bond donors (Lipinski definition) is 2. The van der Waals surface area contributed by atoms with Gasteiger partial charge >= 0.3 is 6.03 Å². The number of amides is 2. The molecule has 6 heteroatoms. The van der Waals surface area contributed by atoms with Crippen LogP contribution in [0.25, 0.3) is 0 Å². The molecule has 0 unspecified atom stereocenters. The lowest BCUT2D eigenvalue weighted by Gasteiger charge is -2.16. The summed E-state index contributed by atoms with van der Waals surface area (Å²) in [7, 11) is 0. The van der Waals surface area contributed by atoms with Gasteiger partial charge in [-0.05, 0) is 19.4 Å². The van der Waals surface area contributed by atoms with E-state index < -0.39 is 0 Å². The van der Waals surface area contributed by atoms with Crippen molar-refractivity contribution >= 4 is 6.03 Å². The maximum atomic E-state index is 11.6. The summed E-state index contributed by atoms with van der Waals surface area (Å²) in [4.78, 5) is 11.6. The van der Waals surface area contributed by atoms with E-state index in [4.69, 9.17) is 4.74 Å². The van der Waals surface area contributed by atoms with Crippen LogP contribution in [0.15, 0.2) is 18.5 Å². The first-order chi connectivity index (χ1) is 8.74. The first-order valence-electron chi connectivity index (χ1n) is 6.33. The summed E-state index contributed by atoms with van der Waals surface area (Å²) in [5.74, 6) is 0.456. The fourth-order valence-corrected chi connectivity index (χ4v) is 1.99. The van der Waals surface area contributed by atoms with E-state index in [0.29, 0.717) is 19.0 Å². The van der Waals surface area contributed by atoms with E-state index in [1.54, 1.807) is 10.9 Å². The number of carbonyl (C=O) groups is 1. The molecule has 0 saturated carbocycles. The second-order valence-electron chi connectivity index (χ2n) is 4.71. The van der Waals surface area contributed by atoms with Gasteiger partial charge in [0.1, 0.15) is 0 Å². The summed E-state index contributed by atoms with van der Waals surface area (Å²) in [6.07, 6.45) is 4.64. The van der Waals surface area contributed by atoms with Gasteiger partial charge in [-0.1, -0.05) is 0 Å². The number of rotatable bonds is 5. The molecular formula is C12H20N4O2. The SMILES string of the molecule is C[C@@H](Cn1cccn1)NC(=O)NC[C@H]1CCOC1. The van der Waals surface area contributed by atoms with Crippen LogP contribution in [0.3, 0.4) is 0 Å². The smallest absolute Gasteiger partial charge is 0.315 e. The maximum absolute atomic E-state index is 11.6. The first-order valence-corrected chi connectivity index (χ1v) is 6.33. The Morgan fingerprint density at radius 1 is 1.67 bits per heavy atom. The summed E-state index contributed by atoms with van der Waals surface area (Å²) in [6.45, 7) is 4.88. The molecule has 2 amide bonds. The van der Waals surface area contributed by atoms with Crippen molar-refractivity contribution in [3.63, 3.8) is 0 Å². The first kappa shape index (κ1) is 12.9. The molecule has 0 spiro atoms. The third-order valence-electron chi connectivity index (χ3n) is 2.97. The molecule has 1 saturated heterocycles. The van der Waals surface area contributed by atoms with E-state index in [2.05, 4.69) is 15.7 Å². The number of nitrogens with zero attached hydrogens (tertiary/aromatic N) is 2. The summed E-state index contributed by atoms with van der Waals surface area (Å²) in [6, 6.07) is 1.79. The highest BCUT2D eigenvalue weighted by Gasteiger charge is 2.16. The maximum Gasteiger partial charge on any atom is 0.315 e. The molecule has 1 aliphatic heterocycles. The van der Waals surface area contributed by atoms with Crippen LogP contribution in [0, 0.1) is 5.92 Å². The minimum Gasteiger partial charge on any atom is -0.381 e. The molecule has 6 nitrogen and oxygen atoms in total. The molecule has 2 rings (SSSR count). The van der Waals surface area contributed by atoms with Crippen molar-refractivity contribution in [1.82, 2.24) is 20.4 Å². The van der Waals surface area contributed by atoms with Crippen molar-refractivity contribution in [3.05, 3.63) is 18.5 Å². The fourth-order valence-electron chi connectivity index (χ4n) is 1.99. The Balaban J connectivity index is 1.63. The topological polar surface area (TPSA) is 68.2 Å². The van der Waals surface area contributed by atoms with Crippen molar-refractivity contribution in [2.24, 2.45) is 5.92 Å². The molecule has 0 aromatic carbocycles. The molecule has 2 atom stereocenters. The molecule has 2 N–H and O–H groups in total. The van der Waals surface area contributed by atoms with Crippen LogP contribution in [0.1, 0.15) is 13.3 Å². The Bertz CT molecular complexity index is 360. The van der Waals surface area contributed by atoms with Gasteiger partial charge in [0.25, 0.3) is 0 Å². The lowest BCUT2D eigenvalue weighted by atomic mass is 10.1. The van der Waals surface area contributed by atoms with Gasteiger partial charge < -0.3 is 15.4 Å². The average molecular weight is 252 g/mol. The Hall–Kier alpha value is -1.56. The van der Waals surface area contributed by atoms with Gasteiger partial charge in [-0.25, -0.2) is 4.79 Å². The quantitative estimate of drug-likeness (QED) is 0.806. The van der Waals surface area contributed by atoms with Crippen LogP contribution in [0.5, 0.6) is 0 Å². The Morgan fingerprint density at radius 3 is 3.22 bits per heavy atom. The molecule has 1 aliphatic rings. The van der Waals surface area contributed by atoms with Gasteiger partial charge in [0.05, 0.1) is 13.2 Å². The zero-order valence-electron chi connectivity index (χ0n) is 10.6. The van der Waals surface area contributed by atoms with Crippen LogP contribution in [0.2, 0.25) is 0 Å². The number of ether oxygens (including phenoxy) is 1. The van der Waals surface area contributed by atoms with Crippen LogP contribution in [0.4, 0.5) is 4.79 Å². The minimum atomic E-state index is -0.124. The molecular weight excluding hydrogens is 232 g/mol. The lowest BCUT2D eigenvalue weighted by molar-refractivity contribution is 0.185. The second-order valence-corrected chi connectivity index (χ2v) is 4.71. The molecule has 0 radical (unpaired) electrons. The molecule has 1 aromatic heterocycles. The number of aromatic nitrogens is 2. The molecule has 1 fully saturated rings. The van der Waals surface area contributed by atoms with E-state index in [0.717, 1.165) is 19.6 Å². The molecule has 18 heavy (non-hydrogen) atoms. The van der Waals surface area contributed by atoms with Crippen molar-refractivity contribution in [3.8, 4) is 0 Å². The number of carbonyl (C=O) groups excluding carboxylic acids is 1. The van der Waals surface area contributed by atoms with Crippen LogP contribution >= 0.6 is 0 Å². The average Bonchev–Trinajstić information content (AvgIpc) is 2.98. The van der Waals surface area contributed by atoms with Crippen molar-refractivity contribution in [2.75, 3.05) is 19.8 Å². The Kier molecular flexibility index (Phi) is 4.58. The van der Waals surface area contributed by atoms with Gasteiger partial charge in [0.2, 0.25) is 0 Å². The molecule has 100 valence electrons. The highest BCUT2D eigenvalue weighted by atomic mass is 16.5. The largest absolute Gasteiger partial charge is 0.381 e. The van der Waals surface area contributed by atoms with Crippen LogP contribution < -0.4 is 10.6 Å². The fraction of sp³-hybridized carbons (Fsp3) is 0.667. The Morgan fingerprint density at radius 2 is 2.56 bits per heavy atom. The van der Waals surface area contributed by atoms with Gasteiger partial charge in [0, 0.05) is 37.5 Å². The summed E-state index contributed by atoms with van der Waals surface area (Å²) >= 11 is 0. The van der Waals surface area contributed by atoms with Gasteiger partial charge in [0.15, 0.2) is 0 Å². The predicted molar refractivity (Wildman–Crippen MR) is 67.1 cm³/mol. The molecule has 0 bridgehead atoms. The monoisotopic (exact) mass is 252 g/mol. The second kappa shape index (κ2) is 6.39. The number of nitrogens with one attached hydrogen (secondary N) is 2. The zero-order chi connectivity index (χ0) is 12.8. The Labute approximate surface area is 107 Å². The third kappa shape index (κ3) is 4.03. The predicted octanol–water partition coefficient (Wildman–Crippen LogP) is 0.607. The summed E-state index contributed by atoms with van der Waals surface area (Å²) in [5.41, 5.74) is 0. The molecule has 2 heterocycles. The summed E-state index contributed by atoms with van der Waals surface area (Å²) < 4.78 is 7.06. The van der Waals surface area contributed by atoms with Crippen molar-refractivity contribution < 1.29 is 9.53 Å². The standard InChI is InChI=1S/C12H20N4O2/c1-10(8-16-5-2-4-14-16)15-12(17)13-7-11-3-6-18-9-11/h2,4-5,10-11H,3,6-9H2,1H3,(H2,13,15,17)/t10-,11+/m0/s1. The lowest BCUT2D eigenvalue weighted by Crippen LogP contribution is -2.44. The molecule has 1 aromatic rings. The van der Waals surface area contributed by atoms with Crippen molar-refractivity contribution in [2.45, 2.75) is 25.9 Å². The zero-order valence-corrected chi connectivity index (χ0v) is 10.6. The molecule has 0 aliphatic carbocycles. The summed E-state index contributed by atoms with van der Waals surface area (Å²) in [5, 5.41) is 9.87. The third-order valence-corrected chi connectivity index (χ3v) is 2.97. The van der Waals surface area contributed by atoms with Crippen molar-refractivity contribution in [1.29, 1.82) is 0 Å². The van der Waals surface area contributed by atoms with Crippen LogP contribution in [-0.2, 0) is 11.3 Å².